The number of halogens is 1. The quantitative estimate of drug-likeness (QED) is 0.634. The molecule has 8 nitrogen and oxygen atoms in total. The molecule has 4 rings (SSSR count). The number of nitrogens with zero attached hydrogens (tertiary/aromatic N) is 5. The van der Waals surface area contributed by atoms with E-state index in [-0.39, 0.29) is 0 Å². The third-order valence-electron chi connectivity index (χ3n) is 4.82. The molecule has 0 amide bonds. The van der Waals surface area contributed by atoms with Crippen LogP contribution in [0.2, 0.25) is 0 Å². The van der Waals surface area contributed by atoms with E-state index in [1.165, 1.54) is 17.8 Å². The second kappa shape index (κ2) is 6.91. The topological polar surface area (TPSA) is 106 Å². The lowest BCUT2D eigenvalue weighted by molar-refractivity contribution is -0.0564. The minimum Gasteiger partial charge on any atom is -0.394 e. The van der Waals surface area contributed by atoms with Crippen molar-refractivity contribution in [1.29, 1.82) is 0 Å². The maximum absolute atomic E-state index is 15.3. The smallest absolute Gasteiger partial charge is 0.205 e. The Morgan fingerprint density at radius 3 is 2.68 bits per heavy atom. The van der Waals surface area contributed by atoms with Gasteiger partial charge in [-0.25, -0.2) is 24.3 Å². The first-order chi connectivity index (χ1) is 13.4. The fourth-order valence-electron chi connectivity index (χ4n) is 3.36. The molecule has 0 aromatic carbocycles. The second-order valence-electron chi connectivity index (χ2n) is 6.74. The molecule has 3 aromatic heterocycles. The first-order valence-electron chi connectivity index (χ1n) is 8.68. The predicted octanol–water partition coefficient (Wildman–Crippen LogP) is 0.908. The Morgan fingerprint density at radius 1 is 1.25 bits per heavy atom. The highest BCUT2D eigenvalue weighted by Gasteiger charge is 2.55. The molecule has 1 aliphatic heterocycles. The maximum atomic E-state index is 15.3. The molecule has 0 saturated carbocycles. The van der Waals surface area contributed by atoms with E-state index in [0.29, 0.717) is 28.1 Å². The van der Waals surface area contributed by atoms with E-state index < -0.39 is 30.7 Å². The summed E-state index contributed by atoms with van der Waals surface area (Å²) in [6, 6.07) is 1.69. The monoisotopic (exact) mass is 383 g/mol. The van der Waals surface area contributed by atoms with Crippen LogP contribution in [0.15, 0.2) is 31.0 Å². The van der Waals surface area contributed by atoms with Gasteiger partial charge in [-0.2, -0.15) is 0 Å². The first kappa shape index (κ1) is 18.4. The number of alkyl halides is 1. The lowest BCUT2D eigenvalue weighted by atomic mass is 9.98. The highest BCUT2D eigenvalue weighted by atomic mass is 19.1. The molecule has 3 aromatic rings. The molecule has 1 fully saturated rings. The van der Waals surface area contributed by atoms with E-state index in [4.69, 9.17) is 4.74 Å². The third kappa shape index (κ3) is 2.92. The third-order valence-corrected chi connectivity index (χ3v) is 4.82. The largest absolute Gasteiger partial charge is 0.394 e. The number of aryl methyl sites for hydroxylation is 1. The van der Waals surface area contributed by atoms with Gasteiger partial charge in [-0.3, -0.25) is 0 Å². The van der Waals surface area contributed by atoms with Crippen molar-refractivity contribution in [2.75, 3.05) is 6.61 Å². The Hall–Kier alpha value is -2.93. The fraction of sp³-hybridized carbons (Fsp3) is 0.368. The van der Waals surface area contributed by atoms with Gasteiger partial charge in [0.15, 0.2) is 11.9 Å². The summed E-state index contributed by atoms with van der Waals surface area (Å²) in [7, 11) is 0. The summed E-state index contributed by atoms with van der Waals surface area (Å²) in [5.41, 5.74) is -0.488. The molecular weight excluding hydrogens is 365 g/mol. The highest BCUT2D eigenvalue weighted by molar-refractivity contribution is 5.86. The van der Waals surface area contributed by atoms with Crippen molar-refractivity contribution in [3.63, 3.8) is 0 Å². The summed E-state index contributed by atoms with van der Waals surface area (Å²) >= 11 is 0. The van der Waals surface area contributed by atoms with Crippen LogP contribution in [0.1, 0.15) is 30.2 Å². The van der Waals surface area contributed by atoms with Crippen LogP contribution in [-0.2, 0) is 4.74 Å². The van der Waals surface area contributed by atoms with Gasteiger partial charge in [0.25, 0.3) is 0 Å². The van der Waals surface area contributed by atoms with Crippen LogP contribution in [-0.4, -0.2) is 59.2 Å². The average molecular weight is 383 g/mol. The number of aliphatic hydroxyl groups is 2. The summed E-state index contributed by atoms with van der Waals surface area (Å²) in [5.74, 6) is 6.20. The summed E-state index contributed by atoms with van der Waals surface area (Å²) in [5, 5.41) is 20.2. The Kier molecular flexibility index (Phi) is 4.55. The van der Waals surface area contributed by atoms with Gasteiger partial charge in [-0.1, -0.05) is 5.92 Å². The van der Waals surface area contributed by atoms with Crippen molar-refractivity contribution >= 4 is 11.0 Å². The van der Waals surface area contributed by atoms with E-state index in [9.17, 15) is 10.2 Å². The van der Waals surface area contributed by atoms with Crippen LogP contribution >= 0.6 is 0 Å². The zero-order valence-electron chi connectivity index (χ0n) is 15.2. The maximum Gasteiger partial charge on any atom is 0.205 e. The number of aromatic nitrogens is 5. The van der Waals surface area contributed by atoms with Gasteiger partial charge < -0.3 is 19.5 Å². The number of aliphatic hydroxyl groups excluding tert-OH is 2. The van der Waals surface area contributed by atoms with Crippen molar-refractivity contribution in [2.24, 2.45) is 0 Å². The Labute approximate surface area is 160 Å². The van der Waals surface area contributed by atoms with E-state index in [0.717, 1.165) is 0 Å². The molecule has 144 valence electrons. The van der Waals surface area contributed by atoms with Gasteiger partial charge in [0.05, 0.1) is 23.3 Å². The van der Waals surface area contributed by atoms with E-state index >= 15 is 4.39 Å². The Bertz CT molecular complexity index is 1070. The predicted molar refractivity (Wildman–Crippen MR) is 96.8 cm³/mol. The van der Waals surface area contributed by atoms with Crippen molar-refractivity contribution in [3.05, 3.63) is 48.1 Å². The number of ether oxygens (including phenoxy) is 1. The second-order valence-corrected chi connectivity index (χ2v) is 6.74. The summed E-state index contributed by atoms with van der Waals surface area (Å²) < 4.78 is 22.4. The standard InChI is InChI=1S/C19H18FN5O3/c1-11-15-12(4-5-14-21-6-3-7-22-14)8-25(17(15)24-10-23-11)18-19(2,20)16(27)13(9-26)28-18/h3,6-8,10,13,16,18,26-27H,9H2,1-2H3/t13-,16-,18-,19-/m1/s1. The van der Waals surface area contributed by atoms with Crippen LogP contribution in [0, 0.1) is 18.8 Å². The molecule has 2 N–H and O–H groups in total. The number of hydrogen-bond acceptors (Lipinski definition) is 7. The zero-order chi connectivity index (χ0) is 19.9. The fourth-order valence-corrected chi connectivity index (χ4v) is 3.36. The Morgan fingerprint density at radius 2 is 2.00 bits per heavy atom. The minimum absolute atomic E-state index is 0.348. The van der Waals surface area contributed by atoms with E-state index in [2.05, 4.69) is 31.8 Å². The molecule has 1 aliphatic rings. The number of rotatable bonds is 2. The van der Waals surface area contributed by atoms with Crippen molar-refractivity contribution in [1.82, 2.24) is 24.5 Å². The van der Waals surface area contributed by atoms with Crippen molar-refractivity contribution < 1.29 is 19.3 Å². The summed E-state index contributed by atoms with van der Waals surface area (Å²) in [6.07, 6.45) is 2.47. The van der Waals surface area contributed by atoms with Gasteiger partial charge in [0, 0.05) is 18.6 Å². The molecule has 4 atom stereocenters. The van der Waals surface area contributed by atoms with Crippen LogP contribution < -0.4 is 0 Å². The number of fused-ring (bicyclic) bond motifs is 1. The molecule has 4 heterocycles. The van der Waals surface area contributed by atoms with E-state index in [1.807, 2.05) is 0 Å². The highest BCUT2D eigenvalue weighted by Crippen LogP contribution is 2.43. The van der Waals surface area contributed by atoms with Crippen LogP contribution in [0.4, 0.5) is 4.39 Å². The summed E-state index contributed by atoms with van der Waals surface area (Å²) in [6.45, 7) is 2.54. The van der Waals surface area contributed by atoms with Gasteiger partial charge in [0.1, 0.15) is 24.2 Å². The molecule has 9 heteroatoms. The molecule has 1 saturated heterocycles. The lowest BCUT2D eigenvalue weighted by Crippen LogP contribution is -2.40. The summed E-state index contributed by atoms with van der Waals surface area (Å²) in [4.78, 5) is 16.6. The molecule has 0 radical (unpaired) electrons. The molecule has 0 spiro atoms. The first-order valence-corrected chi connectivity index (χ1v) is 8.68. The Balaban J connectivity index is 1.85. The lowest BCUT2D eigenvalue weighted by Gasteiger charge is -2.25. The molecule has 0 aliphatic carbocycles. The van der Waals surface area contributed by atoms with Gasteiger partial charge in [0.2, 0.25) is 5.82 Å². The normalized spacial score (nSPS) is 27.0. The minimum atomic E-state index is -2.13. The van der Waals surface area contributed by atoms with Crippen LogP contribution in [0.5, 0.6) is 0 Å². The van der Waals surface area contributed by atoms with Crippen molar-refractivity contribution in [3.8, 4) is 11.8 Å². The molecule has 28 heavy (non-hydrogen) atoms. The van der Waals surface area contributed by atoms with Gasteiger partial charge in [-0.15, -0.1) is 0 Å². The van der Waals surface area contributed by atoms with Gasteiger partial charge in [-0.05, 0) is 25.8 Å². The van der Waals surface area contributed by atoms with Gasteiger partial charge >= 0.3 is 0 Å². The van der Waals surface area contributed by atoms with Crippen molar-refractivity contribution in [2.45, 2.75) is 38.0 Å². The SMILES string of the molecule is Cc1ncnc2c1c(C#Cc1ncccn1)cn2[C@@H]1O[C@H](CO)[C@@H](O)[C@@]1(C)F. The average Bonchev–Trinajstić information content (AvgIpc) is 3.17. The molecule has 0 unspecified atom stereocenters. The molecular formula is C19H18FN5O3. The van der Waals surface area contributed by atoms with Crippen LogP contribution in [0.25, 0.3) is 11.0 Å². The zero-order valence-corrected chi connectivity index (χ0v) is 15.2. The number of hydrogen-bond donors (Lipinski definition) is 2. The van der Waals surface area contributed by atoms with E-state index in [1.54, 1.807) is 31.6 Å². The molecule has 0 bridgehead atoms. The van der Waals surface area contributed by atoms with Crippen LogP contribution in [0.3, 0.4) is 0 Å².